The molecule has 0 heterocycles. The van der Waals surface area contributed by atoms with Crippen molar-refractivity contribution < 1.29 is 14.3 Å². The molecule has 1 rings (SSSR count). The van der Waals surface area contributed by atoms with Gasteiger partial charge < -0.3 is 9.47 Å². The first kappa shape index (κ1) is 12.3. The molecule has 0 aromatic heterocycles. The third-order valence-corrected chi connectivity index (χ3v) is 1.86. The predicted octanol–water partition coefficient (Wildman–Crippen LogP) is 1.88. The van der Waals surface area contributed by atoms with Gasteiger partial charge in [-0.25, -0.2) is 4.79 Å². The number of terminal acetylenes is 1. The van der Waals surface area contributed by atoms with Gasteiger partial charge in [0.15, 0.2) is 0 Å². The van der Waals surface area contributed by atoms with Crippen molar-refractivity contribution in [3.05, 3.63) is 35.9 Å². The minimum absolute atomic E-state index is 0.248. The number of hydrogen-bond donors (Lipinski definition) is 0. The molecule has 0 bridgehead atoms. The molecule has 0 aliphatic rings. The molecular formula is C13H14O3. The quantitative estimate of drug-likeness (QED) is 0.415. The lowest BCUT2D eigenvalue weighted by molar-refractivity contribution is 0.0325. The van der Waals surface area contributed by atoms with Gasteiger partial charge in [-0.2, -0.15) is 0 Å². The smallest absolute Gasteiger partial charge is 0.338 e. The van der Waals surface area contributed by atoms with E-state index in [-0.39, 0.29) is 12.6 Å². The van der Waals surface area contributed by atoms with Gasteiger partial charge in [0.05, 0.1) is 18.8 Å². The van der Waals surface area contributed by atoms with Crippen molar-refractivity contribution in [1.82, 2.24) is 0 Å². The van der Waals surface area contributed by atoms with Gasteiger partial charge in [0.2, 0.25) is 0 Å². The second-order valence-electron chi connectivity index (χ2n) is 3.07. The van der Waals surface area contributed by atoms with Crippen LogP contribution in [0.4, 0.5) is 0 Å². The Labute approximate surface area is 95.4 Å². The van der Waals surface area contributed by atoms with E-state index in [1.54, 1.807) is 24.3 Å². The molecular weight excluding hydrogens is 204 g/mol. The van der Waals surface area contributed by atoms with Gasteiger partial charge in [-0.3, -0.25) is 0 Å². The maximum atomic E-state index is 11.4. The average molecular weight is 218 g/mol. The zero-order valence-electron chi connectivity index (χ0n) is 9.02. The Kier molecular flexibility index (Phi) is 5.75. The van der Waals surface area contributed by atoms with Crippen LogP contribution in [0.3, 0.4) is 0 Å². The molecule has 1 aromatic rings. The molecule has 0 unspecified atom stereocenters. The Balaban J connectivity index is 2.15. The Hall–Kier alpha value is -1.79. The zero-order valence-corrected chi connectivity index (χ0v) is 9.02. The van der Waals surface area contributed by atoms with Crippen LogP contribution < -0.4 is 0 Å². The molecule has 0 radical (unpaired) electrons. The summed E-state index contributed by atoms with van der Waals surface area (Å²) in [7, 11) is 0. The summed E-state index contributed by atoms with van der Waals surface area (Å²) in [5.41, 5.74) is 0.547. The molecule has 0 saturated carbocycles. The van der Waals surface area contributed by atoms with Crippen LogP contribution in [0.2, 0.25) is 0 Å². The van der Waals surface area contributed by atoms with Crippen LogP contribution >= 0.6 is 0 Å². The van der Waals surface area contributed by atoms with Crippen molar-refractivity contribution in [2.75, 3.05) is 19.8 Å². The highest BCUT2D eigenvalue weighted by Gasteiger charge is 2.04. The van der Waals surface area contributed by atoms with E-state index in [2.05, 4.69) is 5.92 Å². The fraction of sp³-hybridized carbons (Fsp3) is 0.308. The first-order chi connectivity index (χ1) is 7.84. The van der Waals surface area contributed by atoms with Gasteiger partial charge in [-0.15, -0.1) is 12.3 Å². The summed E-state index contributed by atoms with van der Waals surface area (Å²) in [5.74, 6) is 2.13. The molecule has 0 fully saturated rings. The summed E-state index contributed by atoms with van der Waals surface area (Å²) in [5, 5.41) is 0. The van der Waals surface area contributed by atoms with Crippen molar-refractivity contribution in [2.24, 2.45) is 0 Å². The second-order valence-corrected chi connectivity index (χ2v) is 3.07. The van der Waals surface area contributed by atoms with Gasteiger partial charge >= 0.3 is 5.97 Å². The fourth-order valence-electron chi connectivity index (χ4n) is 1.08. The third kappa shape index (κ3) is 4.63. The molecule has 0 aliphatic carbocycles. The van der Waals surface area contributed by atoms with Crippen LogP contribution in [0.1, 0.15) is 16.8 Å². The third-order valence-electron chi connectivity index (χ3n) is 1.86. The molecule has 0 saturated heterocycles. The van der Waals surface area contributed by atoms with Gasteiger partial charge in [0.1, 0.15) is 6.61 Å². The number of rotatable bonds is 6. The Morgan fingerprint density at radius 1 is 1.19 bits per heavy atom. The van der Waals surface area contributed by atoms with E-state index in [1.807, 2.05) is 6.07 Å². The van der Waals surface area contributed by atoms with Gasteiger partial charge in [0, 0.05) is 6.42 Å². The lowest BCUT2D eigenvalue weighted by Gasteiger charge is -2.04. The highest BCUT2D eigenvalue weighted by molar-refractivity contribution is 5.89. The van der Waals surface area contributed by atoms with Crippen LogP contribution in [-0.2, 0) is 9.47 Å². The summed E-state index contributed by atoms with van der Waals surface area (Å²) in [6.07, 6.45) is 5.63. The number of hydrogen-bond acceptors (Lipinski definition) is 3. The van der Waals surface area contributed by atoms with E-state index in [0.717, 1.165) is 0 Å². The molecule has 0 amide bonds. The lowest BCUT2D eigenvalue weighted by atomic mass is 10.2. The predicted molar refractivity (Wildman–Crippen MR) is 61.0 cm³/mol. The van der Waals surface area contributed by atoms with E-state index in [1.165, 1.54) is 0 Å². The number of ether oxygens (including phenoxy) is 2. The van der Waals surface area contributed by atoms with Gasteiger partial charge in [-0.05, 0) is 12.1 Å². The molecule has 1 aromatic carbocycles. The lowest BCUT2D eigenvalue weighted by Crippen LogP contribution is -2.11. The monoisotopic (exact) mass is 218 g/mol. The maximum Gasteiger partial charge on any atom is 0.338 e. The maximum absolute atomic E-state index is 11.4. The topological polar surface area (TPSA) is 35.5 Å². The van der Waals surface area contributed by atoms with Crippen molar-refractivity contribution in [2.45, 2.75) is 6.42 Å². The zero-order chi connectivity index (χ0) is 11.6. The molecule has 3 heteroatoms. The van der Waals surface area contributed by atoms with Crippen LogP contribution in [0, 0.1) is 12.3 Å². The summed E-state index contributed by atoms with van der Waals surface area (Å²) >= 11 is 0. The van der Waals surface area contributed by atoms with Gasteiger partial charge in [-0.1, -0.05) is 18.2 Å². The standard InChI is InChI=1S/C13H14O3/c1-2-3-9-15-10-11-16-13(14)12-7-5-4-6-8-12/h1,4-8H,3,9-11H2. The van der Waals surface area contributed by atoms with E-state index < -0.39 is 0 Å². The van der Waals surface area contributed by atoms with Crippen molar-refractivity contribution in [1.29, 1.82) is 0 Å². The number of esters is 1. The molecule has 84 valence electrons. The van der Waals surface area contributed by atoms with E-state index >= 15 is 0 Å². The van der Waals surface area contributed by atoms with Crippen LogP contribution in [0.5, 0.6) is 0 Å². The summed E-state index contributed by atoms with van der Waals surface area (Å²) in [6.45, 7) is 1.12. The molecule has 0 spiro atoms. The molecule has 0 atom stereocenters. The largest absolute Gasteiger partial charge is 0.460 e. The van der Waals surface area contributed by atoms with Crippen LogP contribution in [0.25, 0.3) is 0 Å². The fourth-order valence-corrected chi connectivity index (χ4v) is 1.08. The second kappa shape index (κ2) is 7.49. The normalized spacial score (nSPS) is 9.44. The number of carbonyl (C=O) groups is 1. The summed E-state index contributed by atoms with van der Waals surface area (Å²) in [4.78, 5) is 11.4. The average Bonchev–Trinajstić information content (AvgIpc) is 2.34. The Morgan fingerprint density at radius 3 is 2.62 bits per heavy atom. The van der Waals surface area contributed by atoms with E-state index in [9.17, 15) is 4.79 Å². The molecule has 3 nitrogen and oxygen atoms in total. The Bertz CT molecular complexity index is 351. The molecule has 0 N–H and O–H groups in total. The number of carbonyl (C=O) groups excluding carboxylic acids is 1. The minimum atomic E-state index is -0.332. The summed E-state index contributed by atoms with van der Waals surface area (Å²) < 4.78 is 10.1. The van der Waals surface area contributed by atoms with E-state index in [0.29, 0.717) is 25.2 Å². The van der Waals surface area contributed by atoms with Crippen molar-refractivity contribution >= 4 is 5.97 Å². The highest BCUT2D eigenvalue weighted by atomic mass is 16.6. The van der Waals surface area contributed by atoms with Crippen LogP contribution in [0.15, 0.2) is 30.3 Å². The first-order valence-corrected chi connectivity index (χ1v) is 5.08. The molecule has 0 aliphatic heterocycles. The van der Waals surface area contributed by atoms with Crippen LogP contribution in [-0.4, -0.2) is 25.8 Å². The number of benzene rings is 1. The molecule has 16 heavy (non-hydrogen) atoms. The van der Waals surface area contributed by atoms with E-state index in [4.69, 9.17) is 15.9 Å². The highest BCUT2D eigenvalue weighted by Crippen LogP contribution is 2.00. The summed E-state index contributed by atoms with van der Waals surface area (Å²) in [6, 6.07) is 8.85. The first-order valence-electron chi connectivity index (χ1n) is 5.08. The van der Waals surface area contributed by atoms with Crippen molar-refractivity contribution in [3.63, 3.8) is 0 Å². The Morgan fingerprint density at radius 2 is 1.94 bits per heavy atom. The SMILES string of the molecule is C#CCCOCCOC(=O)c1ccccc1. The van der Waals surface area contributed by atoms with Crippen molar-refractivity contribution in [3.8, 4) is 12.3 Å². The minimum Gasteiger partial charge on any atom is -0.460 e. The van der Waals surface area contributed by atoms with Gasteiger partial charge in [0.25, 0.3) is 0 Å².